The minimum atomic E-state index is 0.583. The van der Waals surface area contributed by atoms with E-state index in [1.54, 1.807) is 7.11 Å². The third kappa shape index (κ3) is 2.44. The number of fused-ring (bicyclic) bond motifs is 1. The molecule has 0 saturated carbocycles. The third-order valence-corrected chi connectivity index (χ3v) is 3.17. The minimum Gasteiger partial charge on any atom is -0.385 e. The molecule has 82 valence electrons. The summed E-state index contributed by atoms with van der Waals surface area (Å²) in [6.45, 7) is 1.86. The van der Waals surface area contributed by atoms with Gasteiger partial charge in [-0.3, -0.25) is 0 Å². The van der Waals surface area contributed by atoms with E-state index in [0.29, 0.717) is 5.92 Å². The van der Waals surface area contributed by atoms with E-state index >= 15 is 0 Å². The molecule has 2 rings (SSSR count). The fraction of sp³-hybridized carbons (Fsp3) is 0.500. The third-order valence-electron chi connectivity index (χ3n) is 2.93. The molecule has 3 heteroatoms. The molecule has 0 radical (unpaired) electrons. The molecule has 2 nitrogen and oxygen atoms in total. The highest BCUT2D eigenvalue weighted by Crippen LogP contribution is 2.35. The van der Waals surface area contributed by atoms with Crippen LogP contribution in [0.3, 0.4) is 0 Å². The smallest absolute Gasteiger partial charge is 0.0468 e. The van der Waals surface area contributed by atoms with Crippen molar-refractivity contribution in [1.29, 1.82) is 0 Å². The Balaban J connectivity index is 2.20. The van der Waals surface area contributed by atoms with E-state index < -0.39 is 0 Å². The fourth-order valence-corrected chi connectivity index (χ4v) is 2.31. The topological polar surface area (TPSA) is 21.3 Å². The number of ether oxygens (including phenoxy) is 1. The van der Waals surface area contributed by atoms with Gasteiger partial charge in [0.05, 0.1) is 0 Å². The standard InChI is InChI=1S/C12H16ClNO/c1-15-7-5-9-4-6-14-12-3-2-10(13)8-11(9)12/h2-3,8-9,14H,4-7H2,1H3. The zero-order valence-electron chi connectivity index (χ0n) is 8.92. The van der Waals surface area contributed by atoms with Gasteiger partial charge in [0, 0.05) is 31.0 Å². The molecule has 1 aliphatic rings. The first-order valence-corrected chi connectivity index (χ1v) is 5.71. The van der Waals surface area contributed by atoms with Crippen LogP contribution in [0.5, 0.6) is 0 Å². The summed E-state index contributed by atoms with van der Waals surface area (Å²) in [7, 11) is 1.75. The van der Waals surface area contributed by atoms with Crippen molar-refractivity contribution in [2.24, 2.45) is 0 Å². The Bertz CT molecular complexity index is 340. The van der Waals surface area contributed by atoms with Gasteiger partial charge in [-0.25, -0.2) is 0 Å². The lowest BCUT2D eigenvalue weighted by Crippen LogP contribution is -2.17. The van der Waals surface area contributed by atoms with E-state index in [-0.39, 0.29) is 0 Å². The van der Waals surface area contributed by atoms with Crippen molar-refractivity contribution in [3.63, 3.8) is 0 Å². The molecule has 0 spiro atoms. The second kappa shape index (κ2) is 4.86. The number of halogens is 1. The van der Waals surface area contributed by atoms with Crippen molar-refractivity contribution in [3.8, 4) is 0 Å². The number of nitrogens with one attached hydrogen (secondary N) is 1. The van der Waals surface area contributed by atoms with Gasteiger partial charge >= 0.3 is 0 Å². The Hall–Kier alpha value is -0.730. The van der Waals surface area contributed by atoms with Crippen LogP contribution in [0, 0.1) is 0 Å². The monoisotopic (exact) mass is 225 g/mol. The maximum Gasteiger partial charge on any atom is 0.0468 e. The normalized spacial score (nSPS) is 19.5. The lowest BCUT2D eigenvalue weighted by molar-refractivity contribution is 0.186. The molecule has 1 aliphatic heterocycles. The molecular weight excluding hydrogens is 210 g/mol. The molecule has 0 aromatic heterocycles. The van der Waals surface area contributed by atoms with Crippen LogP contribution in [0.15, 0.2) is 18.2 Å². The van der Waals surface area contributed by atoms with Crippen LogP contribution in [-0.4, -0.2) is 20.3 Å². The molecule has 1 aromatic carbocycles. The first kappa shape index (κ1) is 10.8. The van der Waals surface area contributed by atoms with E-state index in [1.165, 1.54) is 11.3 Å². The maximum atomic E-state index is 6.02. The molecule has 1 unspecified atom stereocenters. The molecule has 1 heterocycles. The highest BCUT2D eigenvalue weighted by Gasteiger charge is 2.19. The number of methoxy groups -OCH3 is 1. The second-order valence-electron chi connectivity index (χ2n) is 3.93. The van der Waals surface area contributed by atoms with Crippen molar-refractivity contribution in [2.45, 2.75) is 18.8 Å². The Kier molecular flexibility index (Phi) is 3.49. The Labute approximate surface area is 95.6 Å². The highest BCUT2D eigenvalue weighted by molar-refractivity contribution is 6.30. The molecule has 1 atom stereocenters. The summed E-state index contributed by atoms with van der Waals surface area (Å²) in [5, 5.41) is 4.22. The van der Waals surface area contributed by atoms with Gasteiger partial charge < -0.3 is 10.1 Å². The molecule has 0 fully saturated rings. The molecule has 0 saturated heterocycles. The van der Waals surface area contributed by atoms with Crippen LogP contribution in [0.25, 0.3) is 0 Å². The van der Waals surface area contributed by atoms with Crippen LogP contribution in [0.2, 0.25) is 5.02 Å². The van der Waals surface area contributed by atoms with Crippen LogP contribution >= 0.6 is 11.6 Å². The number of hydrogen-bond donors (Lipinski definition) is 1. The van der Waals surface area contributed by atoms with Crippen LogP contribution < -0.4 is 5.32 Å². The molecule has 1 aromatic rings. The Morgan fingerprint density at radius 3 is 3.20 bits per heavy atom. The number of rotatable bonds is 3. The van der Waals surface area contributed by atoms with E-state index in [2.05, 4.69) is 17.4 Å². The number of hydrogen-bond acceptors (Lipinski definition) is 2. The van der Waals surface area contributed by atoms with Crippen LogP contribution in [0.1, 0.15) is 24.3 Å². The molecule has 0 aliphatic carbocycles. The van der Waals surface area contributed by atoms with Gasteiger partial charge in [-0.15, -0.1) is 0 Å². The SMILES string of the molecule is COCCC1CCNc2ccc(Cl)cc21. The van der Waals surface area contributed by atoms with Gasteiger partial charge in [-0.1, -0.05) is 11.6 Å². The van der Waals surface area contributed by atoms with Gasteiger partial charge in [0.15, 0.2) is 0 Å². The van der Waals surface area contributed by atoms with Gasteiger partial charge in [0.2, 0.25) is 0 Å². The summed E-state index contributed by atoms with van der Waals surface area (Å²) < 4.78 is 5.14. The van der Waals surface area contributed by atoms with E-state index in [9.17, 15) is 0 Å². The molecule has 15 heavy (non-hydrogen) atoms. The van der Waals surface area contributed by atoms with Gasteiger partial charge in [0.25, 0.3) is 0 Å². The molecule has 1 N–H and O–H groups in total. The van der Waals surface area contributed by atoms with Gasteiger partial charge in [0.1, 0.15) is 0 Å². The maximum absolute atomic E-state index is 6.02. The first-order chi connectivity index (χ1) is 7.31. The quantitative estimate of drug-likeness (QED) is 0.853. The summed E-state index contributed by atoms with van der Waals surface area (Å²) in [4.78, 5) is 0. The van der Waals surface area contributed by atoms with Crippen LogP contribution in [0.4, 0.5) is 5.69 Å². The summed E-state index contributed by atoms with van der Waals surface area (Å²) in [6.07, 6.45) is 2.24. The average Bonchev–Trinajstić information content (AvgIpc) is 2.26. The van der Waals surface area contributed by atoms with Crippen molar-refractivity contribution >= 4 is 17.3 Å². The van der Waals surface area contributed by atoms with Gasteiger partial charge in [-0.2, -0.15) is 0 Å². The number of anilines is 1. The highest BCUT2D eigenvalue weighted by atomic mass is 35.5. The zero-order valence-corrected chi connectivity index (χ0v) is 9.68. The predicted octanol–water partition coefficient (Wildman–Crippen LogP) is 3.28. The van der Waals surface area contributed by atoms with E-state index in [1.807, 2.05) is 6.07 Å². The fourth-order valence-electron chi connectivity index (χ4n) is 2.13. The number of benzene rings is 1. The first-order valence-electron chi connectivity index (χ1n) is 5.33. The summed E-state index contributed by atoms with van der Waals surface area (Å²) >= 11 is 6.02. The molecule has 0 bridgehead atoms. The lowest BCUT2D eigenvalue weighted by atomic mass is 9.89. The van der Waals surface area contributed by atoms with Gasteiger partial charge in [-0.05, 0) is 42.5 Å². The van der Waals surface area contributed by atoms with Crippen LogP contribution in [-0.2, 0) is 4.74 Å². The van der Waals surface area contributed by atoms with Crippen molar-refractivity contribution in [1.82, 2.24) is 0 Å². The van der Waals surface area contributed by atoms with E-state index in [4.69, 9.17) is 16.3 Å². The molecule has 0 amide bonds. The van der Waals surface area contributed by atoms with Crippen molar-refractivity contribution in [3.05, 3.63) is 28.8 Å². The Morgan fingerprint density at radius 1 is 1.53 bits per heavy atom. The summed E-state index contributed by atoms with van der Waals surface area (Å²) in [5.41, 5.74) is 2.57. The zero-order chi connectivity index (χ0) is 10.7. The minimum absolute atomic E-state index is 0.583. The van der Waals surface area contributed by atoms with E-state index in [0.717, 1.165) is 31.0 Å². The average molecular weight is 226 g/mol. The van der Waals surface area contributed by atoms with Crippen molar-refractivity contribution < 1.29 is 4.74 Å². The molecular formula is C12H16ClNO. The summed E-state index contributed by atoms with van der Waals surface area (Å²) in [6, 6.07) is 6.08. The van der Waals surface area contributed by atoms with Crippen molar-refractivity contribution in [2.75, 3.05) is 25.6 Å². The predicted molar refractivity (Wildman–Crippen MR) is 63.8 cm³/mol. The summed E-state index contributed by atoms with van der Waals surface area (Å²) in [5.74, 6) is 0.583. The second-order valence-corrected chi connectivity index (χ2v) is 4.36. The largest absolute Gasteiger partial charge is 0.385 e. The Morgan fingerprint density at radius 2 is 2.40 bits per heavy atom. The lowest BCUT2D eigenvalue weighted by Gasteiger charge is -2.26.